The smallest absolute Gasteiger partial charge is 0.270 e. The number of nitrogens with zero attached hydrogens (tertiary/aromatic N) is 1. The van der Waals surface area contributed by atoms with Gasteiger partial charge in [0, 0.05) is 42.2 Å². The second-order valence-electron chi connectivity index (χ2n) is 8.14. The van der Waals surface area contributed by atoms with Crippen molar-refractivity contribution in [3.05, 3.63) is 40.1 Å². The summed E-state index contributed by atoms with van der Waals surface area (Å²) < 4.78 is 0. The molecule has 1 amide bonds. The molecule has 27 heavy (non-hydrogen) atoms. The van der Waals surface area contributed by atoms with Crippen LogP contribution in [-0.4, -0.2) is 22.4 Å². The number of benzene rings is 1. The van der Waals surface area contributed by atoms with Gasteiger partial charge < -0.3 is 10.3 Å². The summed E-state index contributed by atoms with van der Waals surface area (Å²) in [5, 5.41) is 15.1. The van der Waals surface area contributed by atoms with Crippen LogP contribution >= 0.6 is 0 Å². The van der Waals surface area contributed by atoms with Gasteiger partial charge in [-0.05, 0) is 42.2 Å². The largest absolute Gasteiger partial charge is 0.361 e. The first-order valence-electron chi connectivity index (χ1n) is 9.98. The third kappa shape index (κ3) is 4.67. The number of non-ortho nitro benzene ring substituents is 1. The maximum atomic E-state index is 12.6. The monoisotopic (exact) mass is 371 g/mol. The van der Waals surface area contributed by atoms with Crippen LogP contribution in [0.1, 0.15) is 63.9 Å². The number of hydrogen-bond acceptors (Lipinski definition) is 3. The number of hydrogen-bond donors (Lipinski definition) is 2. The summed E-state index contributed by atoms with van der Waals surface area (Å²) in [6.45, 7) is 4.84. The molecule has 0 spiro atoms. The topological polar surface area (TPSA) is 88.0 Å². The zero-order valence-corrected chi connectivity index (χ0v) is 16.2. The third-order valence-corrected chi connectivity index (χ3v) is 5.64. The molecule has 0 saturated heterocycles. The highest BCUT2D eigenvalue weighted by Crippen LogP contribution is 2.41. The summed E-state index contributed by atoms with van der Waals surface area (Å²) in [6, 6.07) is 4.92. The lowest BCUT2D eigenvalue weighted by Gasteiger charge is -2.30. The third-order valence-electron chi connectivity index (χ3n) is 5.64. The first-order valence-corrected chi connectivity index (χ1v) is 9.98. The average molecular weight is 371 g/mol. The second-order valence-corrected chi connectivity index (χ2v) is 8.14. The molecule has 6 nitrogen and oxygen atoms in total. The second kappa shape index (κ2) is 8.55. The predicted octanol–water partition coefficient (Wildman–Crippen LogP) is 4.90. The lowest BCUT2D eigenvalue weighted by atomic mass is 9.75. The molecule has 146 valence electrons. The molecule has 2 aromatic rings. The Balaban J connectivity index is 1.91. The first kappa shape index (κ1) is 19.4. The van der Waals surface area contributed by atoms with Gasteiger partial charge in [0.05, 0.1) is 4.92 Å². The molecule has 1 aromatic carbocycles. The Kier molecular flexibility index (Phi) is 6.14. The number of nitro benzene ring substituents is 1. The highest BCUT2D eigenvalue weighted by molar-refractivity contribution is 5.87. The molecule has 1 aromatic heterocycles. The quantitative estimate of drug-likeness (QED) is 0.536. The molecule has 1 aliphatic rings. The van der Waals surface area contributed by atoms with Crippen LogP contribution in [0.4, 0.5) is 5.69 Å². The lowest BCUT2D eigenvalue weighted by Crippen LogP contribution is -2.30. The minimum atomic E-state index is -0.360. The molecule has 0 bridgehead atoms. The molecular formula is C21H29N3O3. The Labute approximate surface area is 159 Å². The number of aromatic nitrogens is 1. The number of amides is 1. The number of aromatic amines is 1. The molecule has 2 N–H and O–H groups in total. The van der Waals surface area contributed by atoms with E-state index < -0.39 is 0 Å². The highest BCUT2D eigenvalue weighted by atomic mass is 16.6. The van der Waals surface area contributed by atoms with Gasteiger partial charge in [-0.3, -0.25) is 14.9 Å². The van der Waals surface area contributed by atoms with Crippen molar-refractivity contribution in [2.75, 3.05) is 6.54 Å². The Morgan fingerprint density at radius 1 is 1.30 bits per heavy atom. The van der Waals surface area contributed by atoms with Crippen molar-refractivity contribution in [2.45, 2.75) is 58.3 Å². The molecule has 1 unspecified atom stereocenters. The van der Waals surface area contributed by atoms with Crippen LogP contribution in [0, 0.1) is 22.0 Å². The Bertz CT molecular complexity index is 806. The van der Waals surface area contributed by atoms with Gasteiger partial charge in [0.15, 0.2) is 0 Å². The van der Waals surface area contributed by atoms with E-state index in [4.69, 9.17) is 0 Å². The van der Waals surface area contributed by atoms with E-state index in [1.54, 1.807) is 12.1 Å². The zero-order chi connectivity index (χ0) is 19.4. The van der Waals surface area contributed by atoms with Gasteiger partial charge in [0.2, 0.25) is 5.91 Å². The predicted molar refractivity (Wildman–Crippen MR) is 107 cm³/mol. The summed E-state index contributed by atoms with van der Waals surface area (Å²) in [7, 11) is 0. The molecular weight excluding hydrogens is 342 g/mol. The van der Waals surface area contributed by atoms with Gasteiger partial charge >= 0.3 is 0 Å². The van der Waals surface area contributed by atoms with E-state index in [9.17, 15) is 14.9 Å². The Morgan fingerprint density at radius 2 is 2.04 bits per heavy atom. The van der Waals surface area contributed by atoms with Crippen LogP contribution in [0.15, 0.2) is 24.4 Å². The molecule has 0 radical (unpaired) electrons. The summed E-state index contributed by atoms with van der Waals surface area (Å²) in [4.78, 5) is 26.7. The summed E-state index contributed by atoms with van der Waals surface area (Å²) in [6.07, 6.45) is 8.25. The summed E-state index contributed by atoms with van der Waals surface area (Å²) in [5.41, 5.74) is 2.02. The highest BCUT2D eigenvalue weighted by Gasteiger charge is 2.29. The molecule has 3 rings (SSSR count). The fraction of sp³-hybridized carbons (Fsp3) is 0.571. The molecule has 1 atom stereocenters. The van der Waals surface area contributed by atoms with E-state index in [2.05, 4.69) is 24.1 Å². The van der Waals surface area contributed by atoms with Crippen molar-refractivity contribution in [3.8, 4) is 0 Å². The minimum absolute atomic E-state index is 0.0686. The Morgan fingerprint density at radius 3 is 2.70 bits per heavy atom. The van der Waals surface area contributed by atoms with Crippen molar-refractivity contribution in [2.24, 2.45) is 11.8 Å². The number of fused-ring (bicyclic) bond motifs is 1. The van der Waals surface area contributed by atoms with Crippen molar-refractivity contribution in [1.82, 2.24) is 10.3 Å². The van der Waals surface area contributed by atoms with Crippen LogP contribution < -0.4 is 5.32 Å². The van der Waals surface area contributed by atoms with Crippen molar-refractivity contribution in [1.29, 1.82) is 0 Å². The first-order chi connectivity index (χ1) is 13.0. The van der Waals surface area contributed by atoms with E-state index in [0.29, 0.717) is 24.8 Å². The van der Waals surface area contributed by atoms with Gasteiger partial charge in [-0.25, -0.2) is 0 Å². The number of carbonyl (C=O) groups is 1. The van der Waals surface area contributed by atoms with E-state index in [1.165, 1.54) is 25.3 Å². The van der Waals surface area contributed by atoms with E-state index in [-0.39, 0.29) is 22.4 Å². The molecule has 1 saturated carbocycles. The number of carbonyl (C=O) groups excluding carboxylic acids is 1. The minimum Gasteiger partial charge on any atom is -0.361 e. The maximum Gasteiger partial charge on any atom is 0.270 e. The maximum absolute atomic E-state index is 12.6. The number of nitrogens with one attached hydrogen (secondary N) is 2. The lowest BCUT2D eigenvalue weighted by molar-refractivity contribution is -0.384. The number of rotatable bonds is 7. The summed E-state index contributed by atoms with van der Waals surface area (Å²) >= 11 is 0. The van der Waals surface area contributed by atoms with Gasteiger partial charge in [0.25, 0.3) is 5.69 Å². The average Bonchev–Trinajstić information content (AvgIpc) is 3.08. The van der Waals surface area contributed by atoms with Crippen molar-refractivity contribution < 1.29 is 9.72 Å². The van der Waals surface area contributed by atoms with Crippen LogP contribution in [0.2, 0.25) is 0 Å². The zero-order valence-electron chi connectivity index (χ0n) is 16.2. The number of H-pyrrole nitrogens is 1. The molecule has 1 fully saturated rings. The van der Waals surface area contributed by atoms with Gasteiger partial charge in [-0.2, -0.15) is 0 Å². The standard InChI is InChI=1S/C21H29N3O3/c1-14(2)12-23-21(25)11-17(15-6-4-3-5-7-15)19-13-22-20-9-8-16(24(26)27)10-18(19)20/h8-10,13-15,17,22H,3-7,11-12H2,1-2H3,(H,23,25). The van der Waals surface area contributed by atoms with Crippen molar-refractivity contribution in [3.63, 3.8) is 0 Å². The number of nitro groups is 1. The van der Waals surface area contributed by atoms with Crippen molar-refractivity contribution >= 4 is 22.5 Å². The Hall–Kier alpha value is -2.37. The van der Waals surface area contributed by atoms with E-state index in [0.717, 1.165) is 29.3 Å². The molecule has 6 heteroatoms. The van der Waals surface area contributed by atoms with Crippen LogP contribution in [0.3, 0.4) is 0 Å². The van der Waals surface area contributed by atoms with E-state index >= 15 is 0 Å². The molecule has 0 aliphatic heterocycles. The SMILES string of the molecule is CC(C)CNC(=O)CC(c1c[nH]c2ccc([N+](=O)[O-])cc12)C1CCCCC1. The van der Waals surface area contributed by atoms with Crippen LogP contribution in [0.5, 0.6) is 0 Å². The van der Waals surface area contributed by atoms with Crippen LogP contribution in [-0.2, 0) is 4.79 Å². The molecule has 1 aliphatic carbocycles. The summed E-state index contributed by atoms with van der Waals surface area (Å²) in [5.74, 6) is 1.02. The molecule has 1 heterocycles. The fourth-order valence-corrected chi connectivity index (χ4v) is 4.21. The fourth-order valence-electron chi connectivity index (χ4n) is 4.21. The van der Waals surface area contributed by atoms with Gasteiger partial charge in [-0.1, -0.05) is 33.1 Å². The van der Waals surface area contributed by atoms with E-state index in [1.807, 2.05) is 6.20 Å². The van der Waals surface area contributed by atoms with Crippen LogP contribution in [0.25, 0.3) is 10.9 Å². The van der Waals surface area contributed by atoms with Gasteiger partial charge in [0.1, 0.15) is 0 Å². The normalized spacial score (nSPS) is 16.6. The van der Waals surface area contributed by atoms with Gasteiger partial charge in [-0.15, -0.1) is 0 Å².